The Balaban J connectivity index is 1.47. The van der Waals surface area contributed by atoms with Crippen LogP contribution in [0.3, 0.4) is 0 Å². The van der Waals surface area contributed by atoms with Crippen LogP contribution in [0.25, 0.3) is 11.0 Å². The van der Waals surface area contributed by atoms with E-state index in [1.54, 1.807) is 24.3 Å². The first-order valence-electron chi connectivity index (χ1n) is 10.1. The van der Waals surface area contributed by atoms with Crippen LogP contribution < -0.4 is 10.6 Å². The highest BCUT2D eigenvalue weighted by Crippen LogP contribution is 2.23. The van der Waals surface area contributed by atoms with E-state index in [2.05, 4.69) is 20.6 Å². The van der Waals surface area contributed by atoms with E-state index in [1.807, 2.05) is 24.3 Å². The van der Waals surface area contributed by atoms with Crippen molar-refractivity contribution in [2.75, 3.05) is 6.54 Å². The lowest BCUT2D eigenvalue weighted by Gasteiger charge is -2.17. The van der Waals surface area contributed by atoms with Gasteiger partial charge >= 0.3 is 0 Å². The second-order valence-electron chi connectivity index (χ2n) is 7.44. The van der Waals surface area contributed by atoms with E-state index in [0.717, 1.165) is 16.6 Å². The molecule has 0 aliphatic rings. The van der Waals surface area contributed by atoms with Crippen molar-refractivity contribution in [1.82, 2.24) is 20.6 Å². The molecule has 1 atom stereocenters. The average Bonchev–Trinajstić information content (AvgIpc) is 3.24. The number of benzene rings is 3. The number of nitrogens with zero attached hydrogens (tertiary/aromatic N) is 1. The molecular formula is C24H20Cl2N4O3. The third-order valence-corrected chi connectivity index (χ3v) is 5.78. The monoisotopic (exact) mass is 482 g/mol. The highest BCUT2D eigenvalue weighted by atomic mass is 35.5. The third-order valence-electron chi connectivity index (χ3n) is 5.04. The second-order valence-corrected chi connectivity index (χ2v) is 8.26. The zero-order chi connectivity index (χ0) is 23.4. The molecule has 1 unspecified atom stereocenters. The lowest BCUT2D eigenvalue weighted by atomic mass is 10.1. The predicted molar refractivity (Wildman–Crippen MR) is 128 cm³/mol. The van der Waals surface area contributed by atoms with Crippen LogP contribution in [0.5, 0.6) is 5.75 Å². The Morgan fingerprint density at radius 1 is 1.00 bits per heavy atom. The maximum Gasteiger partial charge on any atom is 0.251 e. The van der Waals surface area contributed by atoms with Crippen LogP contribution in [-0.4, -0.2) is 33.4 Å². The van der Waals surface area contributed by atoms with Gasteiger partial charge in [0.05, 0.1) is 33.7 Å². The van der Waals surface area contributed by atoms with Gasteiger partial charge in [-0.25, -0.2) is 4.98 Å². The number of carbonyl (C=O) groups is 2. The average molecular weight is 483 g/mol. The number of phenols is 1. The number of fused-ring (bicyclic) bond motifs is 1. The van der Waals surface area contributed by atoms with Crippen molar-refractivity contribution in [3.05, 3.63) is 93.7 Å². The van der Waals surface area contributed by atoms with Gasteiger partial charge in [-0.2, -0.15) is 0 Å². The molecule has 168 valence electrons. The topological polar surface area (TPSA) is 107 Å². The molecule has 9 heteroatoms. The summed E-state index contributed by atoms with van der Waals surface area (Å²) in [6.07, 6.45) is 0.437. The summed E-state index contributed by atoms with van der Waals surface area (Å²) in [5.74, 6) is -0.0725. The Hall–Kier alpha value is -3.55. The Morgan fingerprint density at radius 3 is 2.48 bits per heavy atom. The van der Waals surface area contributed by atoms with Gasteiger partial charge in [0.25, 0.3) is 5.91 Å². The summed E-state index contributed by atoms with van der Waals surface area (Å²) in [5.41, 5.74) is 2.84. The number of phenolic OH excluding ortho intramolecular Hbond substituents is 1. The van der Waals surface area contributed by atoms with E-state index in [1.165, 1.54) is 18.2 Å². The number of hydrogen-bond acceptors (Lipinski definition) is 4. The molecule has 1 aromatic heterocycles. The molecule has 0 saturated heterocycles. The molecule has 4 N–H and O–H groups in total. The molecule has 0 aliphatic carbocycles. The van der Waals surface area contributed by atoms with Crippen molar-refractivity contribution in [3.63, 3.8) is 0 Å². The van der Waals surface area contributed by atoms with E-state index >= 15 is 0 Å². The Labute approximate surface area is 199 Å². The molecule has 0 radical (unpaired) electrons. The molecule has 0 saturated carbocycles. The van der Waals surface area contributed by atoms with Gasteiger partial charge in [-0.3, -0.25) is 9.59 Å². The van der Waals surface area contributed by atoms with Crippen molar-refractivity contribution in [3.8, 4) is 5.75 Å². The summed E-state index contributed by atoms with van der Waals surface area (Å²) >= 11 is 11.8. The molecule has 33 heavy (non-hydrogen) atoms. The number of aromatic hydroxyl groups is 1. The number of hydrogen-bond donors (Lipinski definition) is 4. The summed E-state index contributed by atoms with van der Waals surface area (Å²) in [4.78, 5) is 32.9. The lowest BCUT2D eigenvalue weighted by Crippen LogP contribution is -2.39. The highest BCUT2D eigenvalue weighted by Gasteiger charge is 2.20. The van der Waals surface area contributed by atoms with Gasteiger partial charge in [0.2, 0.25) is 5.91 Å². The summed E-state index contributed by atoms with van der Waals surface area (Å²) < 4.78 is 0. The van der Waals surface area contributed by atoms with E-state index in [4.69, 9.17) is 23.2 Å². The zero-order valence-electron chi connectivity index (χ0n) is 17.3. The largest absolute Gasteiger partial charge is 0.508 e. The van der Waals surface area contributed by atoms with Crippen molar-refractivity contribution >= 4 is 46.0 Å². The first-order chi connectivity index (χ1) is 15.9. The predicted octanol–water partition coefficient (Wildman–Crippen LogP) is 4.41. The number of H-pyrrole nitrogens is 1. The van der Waals surface area contributed by atoms with Gasteiger partial charge in [0, 0.05) is 5.56 Å². The number of halogens is 2. The smallest absolute Gasteiger partial charge is 0.251 e. The van der Waals surface area contributed by atoms with Gasteiger partial charge in [-0.05, 0) is 54.4 Å². The van der Waals surface area contributed by atoms with E-state index in [9.17, 15) is 14.7 Å². The van der Waals surface area contributed by atoms with Crippen molar-refractivity contribution in [2.45, 2.75) is 12.5 Å². The number of nitrogens with one attached hydrogen (secondary N) is 3. The third kappa shape index (κ3) is 5.63. The van der Waals surface area contributed by atoms with Crippen LogP contribution in [0.1, 0.15) is 27.8 Å². The second kappa shape index (κ2) is 9.94. The summed E-state index contributed by atoms with van der Waals surface area (Å²) in [5, 5.41) is 15.7. The fourth-order valence-electron chi connectivity index (χ4n) is 3.37. The number of imidazole rings is 1. The van der Waals surface area contributed by atoms with E-state index < -0.39 is 11.9 Å². The number of para-hydroxylation sites is 2. The van der Waals surface area contributed by atoms with Crippen molar-refractivity contribution < 1.29 is 14.7 Å². The zero-order valence-corrected chi connectivity index (χ0v) is 18.8. The molecule has 0 bridgehead atoms. The number of aromatic nitrogens is 2. The maximum absolute atomic E-state index is 12.7. The molecule has 1 heterocycles. The molecule has 4 aromatic rings. The van der Waals surface area contributed by atoms with E-state index in [0.29, 0.717) is 22.8 Å². The van der Waals surface area contributed by atoms with Gasteiger partial charge < -0.3 is 20.7 Å². The standard InChI is InChI=1S/C24H20Cl2N4O3/c25-17-10-7-15(12-18(17)26)24(33)27-13-22(32)28-21(11-14-5-8-16(31)9-6-14)23-29-19-3-1-2-4-20(19)30-23/h1-10,12,21,31H,11,13H2,(H,27,33)(H,28,32)(H,29,30). The molecule has 2 amide bonds. The maximum atomic E-state index is 12.7. The molecule has 0 spiro atoms. The molecule has 3 aromatic carbocycles. The highest BCUT2D eigenvalue weighted by molar-refractivity contribution is 6.42. The Morgan fingerprint density at radius 2 is 1.76 bits per heavy atom. The van der Waals surface area contributed by atoms with Gasteiger partial charge in [0.15, 0.2) is 0 Å². The first-order valence-corrected chi connectivity index (χ1v) is 10.9. The Bertz CT molecular complexity index is 1270. The van der Waals surface area contributed by atoms with Gasteiger partial charge in [-0.1, -0.05) is 47.5 Å². The SMILES string of the molecule is O=C(CNC(=O)c1ccc(Cl)c(Cl)c1)NC(Cc1ccc(O)cc1)c1nc2ccccc2[nH]1. The van der Waals surface area contributed by atoms with Crippen LogP contribution in [0.15, 0.2) is 66.7 Å². The fourth-order valence-corrected chi connectivity index (χ4v) is 3.66. The number of carbonyl (C=O) groups excluding carboxylic acids is 2. The van der Waals surface area contributed by atoms with Crippen LogP contribution >= 0.6 is 23.2 Å². The number of rotatable bonds is 7. The number of aromatic amines is 1. The first kappa shape index (κ1) is 22.6. The molecule has 7 nitrogen and oxygen atoms in total. The van der Waals surface area contributed by atoms with Crippen LogP contribution in [0.4, 0.5) is 0 Å². The molecule has 4 rings (SSSR count). The van der Waals surface area contributed by atoms with Gasteiger partial charge in [0.1, 0.15) is 11.6 Å². The van der Waals surface area contributed by atoms with E-state index in [-0.39, 0.29) is 23.2 Å². The lowest BCUT2D eigenvalue weighted by molar-refractivity contribution is -0.120. The summed E-state index contributed by atoms with van der Waals surface area (Å²) in [6, 6.07) is 18.3. The minimum absolute atomic E-state index is 0.160. The van der Waals surface area contributed by atoms with Crippen molar-refractivity contribution in [2.24, 2.45) is 0 Å². The summed E-state index contributed by atoms with van der Waals surface area (Å²) in [7, 11) is 0. The molecular weight excluding hydrogens is 463 g/mol. The molecule has 0 fully saturated rings. The van der Waals surface area contributed by atoms with Gasteiger partial charge in [-0.15, -0.1) is 0 Å². The van der Waals surface area contributed by atoms with Crippen LogP contribution in [-0.2, 0) is 11.2 Å². The minimum Gasteiger partial charge on any atom is -0.508 e. The van der Waals surface area contributed by atoms with Crippen molar-refractivity contribution in [1.29, 1.82) is 0 Å². The van der Waals surface area contributed by atoms with Crippen LogP contribution in [0, 0.1) is 0 Å². The fraction of sp³-hybridized carbons (Fsp3) is 0.125. The van der Waals surface area contributed by atoms with Crippen LogP contribution in [0.2, 0.25) is 10.0 Å². The molecule has 0 aliphatic heterocycles. The quantitative estimate of drug-likeness (QED) is 0.313. The number of amides is 2. The normalized spacial score (nSPS) is 11.8. The minimum atomic E-state index is -0.476. The summed E-state index contributed by atoms with van der Waals surface area (Å²) in [6.45, 7) is -0.231. The Kier molecular flexibility index (Phi) is 6.82.